The van der Waals surface area contributed by atoms with E-state index in [2.05, 4.69) is 0 Å². The van der Waals surface area contributed by atoms with Crippen molar-refractivity contribution in [2.24, 2.45) is 5.92 Å². The lowest BCUT2D eigenvalue weighted by atomic mass is 10.2. The van der Waals surface area contributed by atoms with Gasteiger partial charge in [0.05, 0.1) is 6.61 Å². The molecule has 0 unspecified atom stereocenters. The largest absolute Gasteiger partial charge is 0.462 e. The Labute approximate surface area is 69.3 Å². The summed E-state index contributed by atoms with van der Waals surface area (Å²) in [6.45, 7) is 6.30. The smallest absolute Gasteiger partial charge is 0.330 e. The summed E-state index contributed by atoms with van der Waals surface area (Å²) >= 11 is 0. The second-order valence-electron chi connectivity index (χ2n) is 2.52. The number of hydrogen-bond acceptors (Lipinski definition) is 2. The van der Waals surface area contributed by atoms with E-state index in [9.17, 15) is 4.79 Å². The zero-order chi connectivity index (χ0) is 7.98. The van der Waals surface area contributed by atoms with E-state index in [0.29, 0.717) is 12.5 Å². The van der Waals surface area contributed by atoms with Crippen LogP contribution in [-0.2, 0) is 9.53 Å². The van der Waals surface area contributed by atoms with E-state index >= 15 is 0 Å². The molecular formula is C9H18O2. The second kappa shape index (κ2) is 7.32. The van der Waals surface area contributed by atoms with Gasteiger partial charge >= 0.3 is 5.97 Å². The van der Waals surface area contributed by atoms with E-state index in [1.54, 1.807) is 13.0 Å². The zero-order valence-corrected chi connectivity index (χ0v) is 6.76. The maximum Gasteiger partial charge on any atom is 0.330 e. The number of ether oxygens (including phenoxy) is 1. The van der Waals surface area contributed by atoms with Gasteiger partial charge in [0, 0.05) is 6.08 Å². The fourth-order valence-corrected chi connectivity index (χ4v) is 0.433. The number of esters is 1. The number of rotatable bonds is 3. The van der Waals surface area contributed by atoms with Gasteiger partial charge in [0.1, 0.15) is 0 Å². The minimum Gasteiger partial charge on any atom is -0.462 e. The molecule has 0 rings (SSSR count). The van der Waals surface area contributed by atoms with E-state index in [0.717, 1.165) is 0 Å². The van der Waals surface area contributed by atoms with Crippen LogP contribution in [0.5, 0.6) is 0 Å². The molecule has 0 heterocycles. The van der Waals surface area contributed by atoms with Crippen LogP contribution in [0.15, 0.2) is 12.2 Å². The number of carbonyl (C=O) groups is 1. The molecule has 0 aliphatic heterocycles. The average molecular weight is 158 g/mol. The Kier molecular flexibility index (Phi) is 8.55. The normalized spacial score (nSPS) is 9.82. The Morgan fingerprint density at radius 1 is 1.55 bits per heavy atom. The third-order valence-corrected chi connectivity index (χ3v) is 0.862. The summed E-state index contributed by atoms with van der Waals surface area (Å²) in [5.41, 5.74) is 0. The number of hydrogen-bond donors (Lipinski definition) is 0. The monoisotopic (exact) mass is 158 g/mol. The molecule has 0 saturated heterocycles. The van der Waals surface area contributed by atoms with Gasteiger partial charge in [0.15, 0.2) is 0 Å². The maximum absolute atomic E-state index is 10.6. The van der Waals surface area contributed by atoms with Crippen LogP contribution in [0.4, 0.5) is 0 Å². The Hall–Kier alpha value is -0.790. The highest BCUT2D eigenvalue weighted by Gasteiger charge is 1.97. The van der Waals surface area contributed by atoms with E-state index in [1.165, 1.54) is 6.08 Å². The molecule has 0 aromatic carbocycles. The predicted octanol–water partition coefficient (Wildman–Crippen LogP) is 2.40. The molecule has 2 heteroatoms. The van der Waals surface area contributed by atoms with Crippen molar-refractivity contribution < 1.29 is 9.53 Å². The molecule has 0 aromatic heterocycles. The molecule has 0 aliphatic carbocycles. The third kappa shape index (κ3) is 9.21. The van der Waals surface area contributed by atoms with Crippen LogP contribution in [0.3, 0.4) is 0 Å². The van der Waals surface area contributed by atoms with E-state index < -0.39 is 0 Å². The zero-order valence-electron chi connectivity index (χ0n) is 6.76. The van der Waals surface area contributed by atoms with Gasteiger partial charge in [0.2, 0.25) is 0 Å². The molecule has 0 radical (unpaired) electrons. The molecule has 0 fully saturated rings. The Morgan fingerprint density at radius 2 is 2.09 bits per heavy atom. The number of carbonyl (C=O) groups excluding carboxylic acids is 1. The summed E-state index contributed by atoms with van der Waals surface area (Å²) in [6.07, 6.45) is 3.09. The van der Waals surface area contributed by atoms with Crippen molar-refractivity contribution in [2.45, 2.75) is 28.2 Å². The molecule has 0 atom stereocenters. The molecule has 66 valence electrons. The Balaban J connectivity index is 0. The van der Waals surface area contributed by atoms with Crippen LogP contribution in [0.1, 0.15) is 28.2 Å². The van der Waals surface area contributed by atoms with Crippen molar-refractivity contribution in [3.05, 3.63) is 12.2 Å². The van der Waals surface area contributed by atoms with Gasteiger partial charge in [-0.05, 0) is 12.8 Å². The van der Waals surface area contributed by atoms with Crippen LogP contribution in [-0.4, -0.2) is 12.6 Å². The molecule has 0 N–H and O–H groups in total. The van der Waals surface area contributed by atoms with Crippen molar-refractivity contribution in [1.29, 1.82) is 0 Å². The lowest BCUT2D eigenvalue weighted by Crippen LogP contribution is -2.06. The van der Waals surface area contributed by atoms with Gasteiger partial charge in [-0.25, -0.2) is 4.79 Å². The van der Waals surface area contributed by atoms with Crippen LogP contribution < -0.4 is 0 Å². The molecule has 11 heavy (non-hydrogen) atoms. The Morgan fingerprint density at radius 3 is 2.45 bits per heavy atom. The molecular weight excluding hydrogens is 140 g/mol. The number of allylic oxidation sites excluding steroid dienone is 1. The predicted molar refractivity (Wildman–Crippen MR) is 47.3 cm³/mol. The molecule has 0 saturated carbocycles. The van der Waals surface area contributed by atoms with Gasteiger partial charge in [-0.15, -0.1) is 0 Å². The highest BCUT2D eigenvalue weighted by Crippen LogP contribution is 1.92. The quantitative estimate of drug-likeness (QED) is 0.465. The fourth-order valence-electron chi connectivity index (χ4n) is 0.433. The standard InChI is InChI=1S/C8H14O2.CH4/c1-4-5-8(9)10-6-7(2)3;/h4-5,7H,6H2,1-3H3;1H4/b5-4+;. The van der Waals surface area contributed by atoms with Crippen molar-refractivity contribution in [2.75, 3.05) is 6.61 Å². The lowest BCUT2D eigenvalue weighted by molar-refractivity contribution is -0.138. The highest BCUT2D eigenvalue weighted by molar-refractivity contribution is 5.81. The van der Waals surface area contributed by atoms with E-state index in [4.69, 9.17) is 4.74 Å². The summed E-state index contributed by atoms with van der Waals surface area (Å²) in [5.74, 6) is 0.158. The molecule has 0 bridgehead atoms. The van der Waals surface area contributed by atoms with Crippen LogP contribution in [0.2, 0.25) is 0 Å². The highest BCUT2D eigenvalue weighted by atomic mass is 16.5. The minimum atomic E-state index is -0.254. The van der Waals surface area contributed by atoms with Crippen LogP contribution in [0, 0.1) is 5.92 Å². The van der Waals surface area contributed by atoms with Gasteiger partial charge in [0.25, 0.3) is 0 Å². The SMILES string of the molecule is C.C/C=C/C(=O)OCC(C)C. The summed E-state index contributed by atoms with van der Waals surface area (Å²) in [6, 6.07) is 0. The first-order valence-corrected chi connectivity index (χ1v) is 3.46. The van der Waals surface area contributed by atoms with Gasteiger partial charge < -0.3 is 4.74 Å². The first-order valence-electron chi connectivity index (χ1n) is 3.46. The average Bonchev–Trinajstić information content (AvgIpc) is 1.85. The van der Waals surface area contributed by atoms with E-state index in [-0.39, 0.29) is 13.4 Å². The first-order chi connectivity index (χ1) is 4.66. The van der Waals surface area contributed by atoms with Crippen LogP contribution in [0.25, 0.3) is 0 Å². The summed E-state index contributed by atoms with van der Waals surface area (Å²) in [7, 11) is 0. The Bertz CT molecular complexity index is 126. The van der Waals surface area contributed by atoms with Gasteiger partial charge in [-0.2, -0.15) is 0 Å². The summed E-state index contributed by atoms with van der Waals surface area (Å²) in [4.78, 5) is 10.6. The molecule has 0 aliphatic rings. The second-order valence-corrected chi connectivity index (χ2v) is 2.52. The molecule has 0 amide bonds. The molecule has 2 nitrogen and oxygen atoms in total. The van der Waals surface area contributed by atoms with Crippen LogP contribution >= 0.6 is 0 Å². The summed E-state index contributed by atoms with van der Waals surface area (Å²) < 4.78 is 4.82. The van der Waals surface area contributed by atoms with Gasteiger partial charge in [-0.1, -0.05) is 27.4 Å². The van der Waals surface area contributed by atoms with Crippen molar-refractivity contribution in [3.63, 3.8) is 0 Å². The molecule has 0 aromatic rings. The summed E-state index contributed by atoms with van der Waals surface area (Å²) in [5, 5.41) is 0. The minimum absolute atomic E-state index is 0. The van der Waals surface area contributed by atoms with Crippen molar-refractivity contribution in [1.82, 2.24) is 0 Å². The maximum atomic E-state index is 10.6. The topological polar surface area (TPSA) is 26.3 Å². The fraction of sp³-hybridized carbons (Fsp3) is 0.667. The molecule has 0 spiro atoms. The lowest BCUT2D eigenvalue weighted by Gasteiger charge is -2.03. The van der Waals surface area contributed by atoms with Crippen molar-refractivity contribution >= 4 is 5.97 Å². The first kappa shape index (κ1) is 12.8. The van der Waals surface area contributed by atoms with Crippen molar-refractivity contribution in [3.8, 4) is 0 Å². The van der Waals surface area contributed by atoms with Gasteiger partial charge in [-0.3, -0.25) is 0 Å². The van der Waals surface area contributed by atoms with E-state index in [1.807, 2.05) is 13.8 Å². The third-order valence-electron chi connectivity index (χ3n) is 0.862.